The molecular weight excluding hydrogens is 526 g/mol. The molecule has 0 saturated carbocycles. The number of ether oxygens (including phenoxy) is 2. The summed E-state index contributed by atoms with van der Waals surface area (Å²) in [6, 6.07) is 24.6. The Morgan fingerprint density at radius 3 is 2.52 bits per heavy atom. The Morgan fingerprint density at radius 2 is 1.75 bits per heavy atom. The molecule has 5 aromatic rings. The fourth-order valence-corrected chi connectivity index (χ4v) is 5.67. The molecule has 1 aliphatic rings. The van der Waals surface area contributed by atoms with Crippen LogP contribution in [0.5, 0.6) is 11.5 Å². The average molecular weight is 550 g/mol. The lowest BCUT2D eigenvalue weighted by atomic mass is 9.95. The van der Waals surface area contributed by atoms with E-state index in [-0.39, 0.29) is 11.3 Å². The Bertz CT molecular complexity index is 1750. The van der Waals surface area contributed by atoms with Crippen molar-refractivity contribution in [3.05, 3.63) is 120 Å². The summed E-state index contributed by atoms with van der Waals surface area (Å²) in [5.74, 6) is -0.646. The van der Waals surface area contributed by atoms with Crippen LogP contribution in [0, 0.1) is 0 Å². The van der Waals surface area contributed by atoms with E-state index in [4.69, 9.17) is 9.47 Å². The zero-order valence-electron chi connectivity index (χ0n) is 21.4. The minimum absolute atomic E-state index is 0.0340. The number of carbonyl (C=O) groups excluding carboxylic acids is 2. The van der Waals surface area contributed by atoms with Crippen molar-refractivity contribution in [2.75, 3.05) is 12.0 Å². The first kappa shape index (κ1) is 25.3. The second-order valence-corrected chi connectivity index (χ2v) is 10.1. The Hall–Kier alpha value is -5.02. The SMILES string of the molecule is COc1ccc2nc(N3C(=O)C(=O)C(=C(O)c4ccncc4)C3c3cccc(OCc4ccccc4)c3)sc2c1. The number of carbonyl (C=O) groups is 2. The highest BCUT2D eigenvalue weighted by molar-refractivity contribution is 7.22. The molecular formula is C31H23N3O5S. The van der Waals surface area contributed by atoms with Crippen LogP contribution in [0.4, 0.5) is 5.13 Å². The molecule has 9 heteroatoms. The van der Waals surface area contributed by atoms with Gasteiger partial charge >= 0.3 is 5.91 Å². The van der Waals surface area contributed by atoms with Crippen molar-refractivity contribution >= 4 is 44.1 Å². The summed E-state index contributed by atoms with van der Waals surface area (Å²) < 4.78 is 12.2. The van der Waals surface area contributed by atoms with Gasteiger partial charge in [-0.2, -0.15) is 0 Å². The maximum absolute atomic E-state index is 13.6. The van der Waals surface area contributed by atoms with Gasteiger partial charge in [0.05, 0.1) is 28.9 Å². The summed E-state index contributed by atoms with van der Waals surface area (Å²) in [6.07, 6.45) is 3.03. The molecule has 1 aliphatic heterocycles. The van der Waals surface area contributed by atoms with Crippen molar-refractivity contribution in [1.82, 2.24) is 9.97 Å². The summed E-state index contributed by atoms with van der Waals surface area (Å²) in [5.41, 5.74) is 2.60. The second kappa shape index (κ2) is 10.6. The van der Waals surface area contributed by atoms with E-state index in [0.29, 0.717) is 39.9 Å². The van der Waals surface area contributed by atoms with E-state index >= 15 is 0 Å². The molecule has 1 saturated heterocycles. The molecule has 0 spiro atoms. The van der Waals surface area contributed by atoms with Crippen molar-refractivity contribution in [3.8, 4) is 11.5 Å². The fourth-order valence-electron chi connectivity index (χ4n) is 4.65. The number of pyridine rings is 1. The van der Waals surface area contributed by atoms with Crippen LogP contribution in [0.15, 0.2) is 103 Å². The molecule has 0 bridgehead atoms. The van der Waals surface area contributed by atoms with E-state index in [1.807, 2.05) is 42.5 Å². The maximum atomic E-state index is 13.6. The highest BCUT2D eigenvalue weighted by Crippen LogP contribution is 2.45. The number of amides is 1. The van der Waals surface area contributed by atoms with E-state index in [1.54, 1.807) is 49.6 Å². The van der Waals surface area contributed by atoms with E-state index in [2.05, 4.69) is 9.97 Å². The molecule has 8 nitrogen and oxygen atoms in total. The predicted octanol–water partition coefficient (Wildman–Crippen LogP) is 5.91. The van der Waals surface area contributed by atoms with Crippen LogP contribution in [0.2, 0.25) is 0 Å². The van der Waals surface area contributed by atoms with Crippen molar-refractivity contribution in [2.24, 2.45) is 0 Å². The number of Topliss-reactive ketones (excluding diaryl/α,β-unsaturated/α-hetero) is 1. The number of ketones is 1. The van der Waals surface area contributed by atoms with Crippen LogP contribution in [-0.4, -0.2) is 33.9 Å². The molecule has 1 amide bonds. The smallest absolute Gasteiger partial charge is 0.301 e. The van der Waals surface area contributed by atoms with Gasteiger partial charge in [0.1, 0.15) is 23.9 Å². The first-order valence-corrected chi connectivity index (χ1v) is 13.3. The number of anilines is 1. The number of rotatable bonds is 7. The number of fused-ring (bicyclic) bond motifs is 1. The number of hydrogen-bond acceptors (Lipinski definition) is 8. The van der Waals surface area contributed by atoms with E-state index < -0.39 is 17.7 Å². The van der Waals surface area contributed by atoms with Gasteiger partial charge in [0.25, 0.3) is 5.78 Å². The standard InChI is InChI=1S/C31H23N3O5S/c1-38-22-10-11-24-25(17-22)40-31(33-24)34-27(26(29(36)30(34)37)28(35)20-12-14-32-15-13-20)21-8-5-9-23(16-21)39-18-19-6-3-2-4-7-19/h2-17,27,35H,18H2,1H3. The van der Waals surface area contributed by atoms with Gasteiger partial charge in [-0.1, -0.05) is 53.8 Å². The van der Waals surface area contributed by atoms with Crippen LogP contribution < -0.4 is 14.4 Å². The Morgan fingerprint density at radius 1 is 0.950 bits per heavy atom. The molecule has 0 aliphatic carbocycles. The number of thiazole rings is 1. The third-order valence-corrected chi connectivity index (χ3v) is 7.63. The van der Waals surface area contributed by atoms with Crippen LogP contribution in [0.3, 0.4) is 0 Å². The lowest BCUT2D eigenvalue weighted by Crippen LogP contribution is -2.29. The Balaban J connectivity index is 1.47. The van der Waals surface area contributed by atoms with E-state index in [9.17, 15) is 14.7 Å². The molecule has 1 atom stereocenters. The number of aliphatic hydroxyl groups is 1. The zero-order valence-corrected chi connectivity index (χ0v) is 22.2. The summed E-state index contributed by atoms with van der Waals surface area (Å²) in [4.78, 5) is 37.1. The van der Waals surface area contributed by atoms with Gasteiger partial charge in [-0.25, -0.2) is 4.98 Å². The van der Waals surface area contributed by atoms with Crippen molar-refractivity contribution in [1.29, 1.82) is 0 Å². The number of nitrogens with zero attached hydrogens (tertiary/aromatic N) is 3. The molecule has 2 aromatic heterocycles. The van der Waals surface area contributed by atoms with Crippen molar-refractivity contribution in [3.63, 3.8) is 0 Å². The van der Waals surface area contributed by atoms with Crippen molar-refractivity contribution in [2.45, 2.75) is 12.6 Å². The summed E-state index contributed by atoms with van der Waals surface area (Å²) in [6.45, 7) is 0.348. The van der Waals surface area contributed by atoms with Crippen molar-refractivity contribution < 1.29 is 24.2 Å². The first-order valence-electron chi connectivity index (χ1n) is 12.5. The molecule has 3 heterocycles. The highest BCUT2D eigenvalue weighted by atomic mass is 32.1. The normalized spacial score (nSPS) is 16.4. The molecule has 1 fully saturated rings. The molecule has 3 aromatic carbocycles. The Kier molecular flexibility index (Phi) is 6.71. The zero-order chi connectivity index (χ0) is 27.6. The monoisotopic (exact) mass is 549 g/mol. The number of hydrogen-bond donors (Lipinski definition) is 1. The van der Waals surface area contributed by atoms with Gasteiger partial charge in [0.2, 0.25) is 0 Å². The molecule has 198 valence electrons. The van der Waals surface area contributed by atoms with Gasteiger partial charge in [0, 0.05) is 18.0 Å². The molecule has 1 N–H and O–H groups in total. The van der Waals surface area contributed by atoms with Gasteiger partial charge in [-0.3, -0.25) is 19.5 Å². The number of aromatic nitrogens is 2. The quantitative estimate of drug-likeness (QED) is 0.153. The van der Waals surface area contributed by atoms with Gasteiger partial charge in [0.15, 0.2) is 5.13 Å². The summed E-state index contributed by atoms with van der Waals surface area (Å²) in [7, 11) is 1.58. The number of aliphatic hydroxyl groups excluding tert-OH is 1. The Labute approximate surface area is 233 Å². The molecule has 6 rings (SSSR count). The maximum Gasteiger partial charge on any atom is 0.301 e. The van der Waals surface area contributed by atoms with Crippen LogP contribution in [-0.2, 0) is 16.2 Å². The van der Waals surface area contributed by atoms with Gasteiger partial charge < -0.3 is 14.6 Å². The highest BCUT2D eigenvalue weighted by Gasteiger charge is 2.48. The van der Waals surface area contributed by atoms with Crippen LogP contribution in [0.1, 0.15) is 22.7 Å². The molecule has 40 heavy (non-hydrogen) atoms. The van der Waals surface area contributed by atoms with Gasteiger partial charge in [-0.05, 0) is 53.6 Å². The summed E-state index contributed by atoms with van der Waals surface area (Å²) >= 11 is 1.27. The minimum atomic E-state index is -0.934. The topological polar surface area (TPSA) is 102 Å². The third kappa shape index (κ3) is 4.67. The van der Waals surface area contributed by atoms with Crippen LogP contribution >= 0.6 is 11.3 Å². The second-order valence-electron chi connectivity index (χ2n) is 9.08. The van der Waals surface area contributed by atoms with E-state index in [0.717, 1.165) is 10.3 Å². The molecule has 0 radical (unpaired) electrons. The fraction of sp³-hybridized carbons (Fsp3) is 0.0968. The van der Waals surface area contributed by atoms with Crippen LogP contribution in [0.25, 0.3) is 16.0 Å². The number of methoxy groups -OCH3 is 1. The first-order chi connectivity index (χ1) is 19.5. The minimum Gasteiger partial charge on any atom is -0.507 e. The number of benzene rings is 3. The van der Waals surface area contributed by atoms with Gasteiger partial charge in [-0.15, -0.1) is 0 Å². The van der Waals surface area contributed by atoms with E-state index in [1.165, 1.54) is 28.6 Å². The summed E-state index contributed by atoms with van der Waals surface area (Å²) in [5, 5.41) is 11.7. The lowest BCUT2D eigenvalue weighted by molar-refractivity contribution is -0.132. The lowest BCUT2D eigenvalue weighted by Gasteiger charge is -2.23. The average Bonchev–Trinajstić information content (AvgIpc) is 3.54. The largest absolute Gasteiger partial charge is 0.507 e. The molecule has 1 unspecified atom stereocenters. The third-order valence-electron chi connectivity index (χ3n) is 6.61. The predicted molar refractivity (Wildman–Crippen MR) is 152 cm³/mol.